The molecule has 0 bridgehead atoms. The first-order chi connectivity index (χ1) is 31.0. The molecule has 0 aliphatic rings. The third-order valence-corrected chi connectivity index (χ3v) is 10.6. The van der Waals surface area contributed by atoms with Gasteiger partial charge in [0, 0.05) is 19.3 Å². The van der Waals surface area contributed by atoms with Crippen molar-refractivity contribution in [2.45, 2.75) is 232 Å². The first-order valence-electron chi connectivity index (χ1n) is 25.7. The van der Waals surface area contributed by atoms with Crippen molar-refractivity contribution in [1.82, 2.24) is 0 Å². The summed E-state index contributed by atoms with van der Waals surface area (Å²) in [6.07, 6.45) is 66.9. The first-order valence-corrected chi connectivity index (χ1v) is 25.7. The molecule has 0 heterocycles. The van der Waals surface area contributed by atoms with Gasteiger partial charge in [-0.1, -0.05) is 208 Å². The number of carbonyl (C=O) groups is 3. The van der Waals surface area contributed by atoms with Gasteiger partial charge in [0.2, 0.25) is 0 Å². The standard InChI is InChI=1S/C57H94O6/c1-4-7-10-13-16-19-22-24-26-27-28-29-31-33-36-38-41-44-47-50-56(59)62-53-54(63-57(60)51-48-45-42-39-34-21-18-15-12-9-6-3)52-61-55(58)49-46-43-40-37-35-32-30-25-23-20-17-14-11-8-5-2/h16-17,19-20,24-26,28-30,33,35-37,41,44,54H,4-15,18,21-23,27,31-32,34,38-40,42-43,45-53H2,1-3H3/b19-16-,20-17-,26-24-,29-28-,30-25-,36-33-,37-35-,44-41-/t54-/m0/s1. The van der Waals surface area contributed by atoms with E-state index in [1.54, 1.807) is 0 Å². The predicted molar refractivity (Wildman–Crippen MR) is 270 cm³/mol. The number of esters is 3. The van der Waals surface area contributed by atoms with E-state index >= 15 is 0 Å². The van der Waals surface area contributed by atoms with Gasteiger partial charge in [-0.2, -0.15) is 0 Å². The number of hydrogen-bond donors (Lipinski definition) is 0. The molecule has 0 aromatic rings. The van der Waals surface area contributed by atoms with Gasteiger partial charge in [0.15, 0.2) is 6.10 Å². The van der Waals surface area contributed by atoms with Crippen molar-refractivity contribution in [3.63, 3.8) is 0 Å². The normalized spacial score (nSPS) is 12.9. The number of hydrogen-bond acceptors (Lipinski definition) is 6. The van der Waals surface area contributed by atoms with Gasteiger partial charge >= 0.3 is 17.9 Å². The summed E-state index contributed by atoms with van der Waals surface area (Å²) >= 11 is 0. The molecule has 0 saturated heterocycles. The molecule has 0 fully saturated rings. The second-order valence-corrected chi connectivity index (χ2v) is 16.7. The summed E-state index contributed by atoms with van der Waals surface area (Å²) in [5.41, 5.74) is 0. The molecule has 6 nitrogen and oxygen atoms in total. The van der Waals surface area contributed by atoms with Crippen LogP contribution in [-0.4, -0.2) is 37.2 Å². The lowest BCUT2D eigenvalue weighted by Crippen LogP contribution is -2.30. The molecular formula is C57H94O6. The molecule has 0 rings (SSSR count). The topological polar surface area (TPSA) is 78.9 Å². The van der Waals surface area contributed by atoms with Gasteiger partial charge < -0.3 is 14.2 Å². The Morgan fingerprint density at radius 3 is 1.02 bits per heavy atom. The lowest BCUT2D eigenvalue weighted by atomic mass is 10.1. The number of rotatable bonds is 45. The molecule has 0 unspecified atom stereocenters. The van der Waals surface area contributed by atoms with Crippen LogP contribution in [0.1, 0.15) is 226 Å². The highest BCUT2D eigenvalue weighted by molar-refractivity contribution is 5.71. The second-order valence-electron chi connectivity index (χ2n) is 16.7. The van der Waals surface area contributed by atoms with Gasteiger partial charge in [0.25, 0.3) is 0 Å². The maximum atomic E-state index is 12.8. The number of unbranched alkanes of at least 4 members (excludes halogenated alkanes) is 18. The summed E-state index contributed by atoms with van der Waals surface area (Å²) in [4.78, 5) is 37.9. The molecule has 0 aromatic carbocycles. The molecule has 0 aliphatic carbocycles. The molecule has 0 amide bonds. The van der Waals surface area contributed by atoms with E-state index in [9.17, 15) is 14.4 Å². The van der Waals surface area contributed by atoms with Gasteiger partial charge in [-0.15, -0.1) is 0 Å². The van der Waals surface area contributed by atoms with E-state index in [2.05, 4.69) is 112 Å². The minimum Gasteiger partial charge on any atom is -0.462 e. The van der Waals surface area contributed by atoms with Crippen molar-refractivity contribution < 1.29 is 28.6 Å². The minimum absolute atomic E-state index is 0.120. The van der Waals surface area contributed by atoms with Crippen LogP contribution < -0.4 is 0 Å². The first kappa shape index (κ1) is 59.3. The summed E-state index contributed by atoms with van der Waals surface area (Å²) in [5.74, 6) is -1.04. The van der Waals surface area contributed by atoms with Gasteiger partial charge in [-0.25, -0.2) is 0 Å². The Labute approximate surface area is 387 Å². The summed E-state index contributed by atoms with van der Waals surface area (Å²) in [6.45, 7) is 6.46. The summed E-state index contributed by atoms with van der Waals surface area (Å²) in [5, 5.41) is 0. The molecule has 0 spiro atoms. The number of ether oxygens (including phenoxy) is 3. The van der Waals surface area contributed by atoms with Crippen LogP contribution >= 0.6 is 0 Å². The highest BCUT2D eigenvalue weighted by Gasteiger charge is 2.19. The quantitative estimate of drug-likeness (QED) is 0.0262. The van der Waals surface area contributed by atoms with E-state index < -0.39 is 6.10 Å². The zero-order valence-electron chi connectivity index (χ0n) is 40.8. The molecule has 358 valence electrons. The Morgan fingerprint density at radius 2 is 0.603 bits per heavy atom. The minimum atomic E-state index is -0.821. The van der Waals surface area contributed by atoms with Crippen molar-refractivity contribution in [2.24, 2.45) is 0 Å². The Morgan fingerprint density at radius 1 is 0.317 bits per heavy atom. The van der Waals surface area contributed by atoms with Gasteiger partial charge in [0.1, 0.15) is 13.2 Å². The second kappa shape index (κ2) is 51.0. The van der Waals surface area contributed by atoms with Gasteiger partial charge in [-0.3, -0.25) is 14.4 Å². The zero-order valence-corrected chi connectivity index (χ0v) is 40.8. The smallest absolute Gasteiger partial charge is 0.306 e. The van der Waals surface area contributed by atoms with Crippen molar-refractivity contribution in [2.75, 3.05) is 13.2 Å². The Hall–Kier alpha value is -3.67. The molecular weight excluding hydrogens is 781 g/mol. The molecule has 0 saturated carbocycles. The lowest BCUT2D eigenvalue weighted by Gasteiger charge is -2.18. The molecule has 0 radical (unpaired) electrons. The fourth-order valence-corrected chi connectivity index (χ4v) is 6.67. The van der Waals surface area contributed by atoms with Crippen LogP contribution in [-0.2, 0) is 28.6 Å². The average Bonchev–Trinajstić information content (AvgIpc) is 3.28. The molecule has 0 aromatic heterocycles. The van der Waals surface area contributed by atoms with Crippen LogP contribution in [0.3, 0.4) is 0 Å². The van der Waals surface area contributed by atoms with Gasteiger partial charge in [-0.05, 0) is 96.3 Å². The van der Waals surface area contributed by atoms with Crippen LogP contribution in [0.15, 0.2) is 97.2 Å². The van der Waals surface area contributed by atoms with E-state index in [1.165, 1.54) is 103 Å². The SMILES string of the molecule is CCCCC/C=C\C/C=C\C/C=C\C/C=C\C/C=C\CCC(=O)OC[C@H](COC(=O)CCCC/C=C\C/C=C\C/C=C\CCCCC)OC(=O)CCCCCCCCCCCCC. The predicted octanol–water partition coefficient (Wildman–Crippen LogP) is 17.0. The third kappa shape index (κ3) is 49.2. The Bertz CT molecular complexity index is 1280. The number of carbonyl (C=O) groups excluding carboxylic acids is 3. The van der Waals surface area contributed by atoms with Gasteiger partial charge in [0.05, 0.1) is 0 Å². The largest absolute Gasteiger partial charge is 0.462 e. The summed E-state index contributed by atoms with van der Waals surface area (Å²) < 4.78 is 16.7. The van der Waals surface area contributed by atoms with E-state index in [1.807, 2.05) is 6.08 Å². The van der Waals surface area contributed by atoms with Crippen LogP contribution in [0.5, 0.6) is 0 Å². The maximum absolute atomic E-state index is 12.8. The molecule has 1 atom stereocenters. The fraction of sp³-hybridized carbons (Fsp3) is 0.667. The van der Waals surface area contributed by atoms with Crippen LogP contribution in [0, 0.1) is 0 Å². The van der Waals surface area contributed by atoms with Crippen molar-refractivity contribution in [3.8, 4) is 0 Å². The van der Waals surface area contributed by atoms with Crippen molar-refractivity contribution >= 4 is 17.9 Å². The maximum Gasteiger partial charge on any atom is 0.306 e. The third-order valence-electron chi connectivity index (χ3n) is 10.6. The Kier molecular flexibility index (Phi) is 48.0. The Balaban J connectivity index is 4.53. The van der Waals surface area contributed by atoms with E-state index in [-0.39, 0.29) is 37.5 Å². The lowest BCUT2D eigenvalue weighted by molar-refractivity contribution is -0.166. The molecule has 63 heavy (non-hydrogen) atoms. The van der Waals surface area contributed by atoms with E-state index in [0.29, 0.717) is 19.3 Å². The summed E-state index contributed by atoms with van der Waals surface area (Å²) in [7, 11) is 0. The van der Waals surface area contributed by atoms with Crippen LogP contribution in [0.25, 0.3) is 0 Å². The van der Waals surface area contributed by atoms with Crippen molar-refractivity contribution in [1.29, 1.82) is 0 Å². The summed E-state index contributed by atoms with van der Waals surface area (Å²) in [6, 6.07) is 0. The average molecular weight is 875 g/mol. The van der Waals surface area contributed by atoms with Crippen LogP contribution in [0.4, 0.5) is 0 Å². The van der Waals surface area contributed by atoms with Crippen molar-refractivity contribution in [3.05, 3.63) is 97.2 Å². The van der Waals surface area contributed by atoms with E-state index in [0.717, 1.165) is 77.0 Å². The highest BCUT2D eigenvalue weighted by Crippen LogP contribution is 2.13. The molecule has 6 heteroatoms. The van der Waals surface area contributed by atoms with E-state index in [4.69, 9.17) is 14.2 Å². The molecule has 0 aliphatic heterocycles. The fourth-order valence-electron chi connectivity index (χ4n) is 6.67. The number of allylic oxidation sites excluding steroid dienone is 16. The monoisotopic (exact) mass is 875 g/mol. The zero-order chi connectivity index (χ0) is 45.8. The molecule has 0 N–H and O–H groups in total. The highest BCUT2D eigenvalue weighted by atomic mass is 16.6. The van der Waals surface area contributed by atoms with Crippen LogP contribution in [0.2, 0.25) is 0 Å².